The van der Waals surface area contributed by atoms with Crippen molar-refractivity contribution in [1.82, 2.24) is 10.4 Å². The van der Waals surface area contributed by atoms with Crippen LogP contribution in [0.25, 0.3) is 21.5 Å². The summed E-state index contributed by atoms with van der Waals surface area (Å²) in [6.45, 7) is 6.64. The maximum atomic E-state index is 12.3. The van der Waals surface area contributed by atoms with Gasteiger partial charge in [-0.1, -0.05) is 78.9 Å². The third-order valence-electron chi connectivity index (χ3n) is 6.33. The van der Waals surface area contributed by atoms with E-state index < -0.39 is 11.7 Å². The van der Waals surface area contributed by atoms with E-state index in [0.717, 1.165) is 6.42 Å². The minimum absolute atomic E-state index is 0.0511. The van der Waals surface area contributed by atoms with Gasteiger partial charge in [-0.3, -0.25) is 4.84 Å². The number of hydroxylamine groups is 2. The average molecular weight is 469 g/mol. The first-order valence-corrected chi connectivity index (χ1v) is 12.2. The standard InChI is InChI=1S/C30H32N2O3/c1-30(2,3)34-29(33)31-19-23-18-28(32(35-23)20-21-11-5-4-6-12-21)27-17-22-13-7-8-14-24(22)25-15-9-10-16-26(25)27/h4-17,23,28H,18-20H2,1-3H3,(H,31,33)/t23-,28+/m0/s1. The third kappa shape index (κ3) is 5.31. The van der Waals surface area contributed by atoms with Crippen LogP contribution < -0.4 is 5.32 Å². The number of alkyl carbamates (subject to hydrolysis) is 1. The monoisotopic (exact) mass is 468 g/mol. The van der Waals surface area contributed by atoms with Crippen LogP contribution in [0.2, 0.25) is 0 Å². The molecule has 0 bridgehead atoms. The van der Waals surface area contributed by atoms with Gasteiger partial charge in [0, 0.05) is 13.1 Å². The molecule has 5 rings (SSSR count). The normalized spacial score (nSPS) is 18.7. The summed E-state index contributed by atoms with van der Waals surface area (Å²) >= 11 is 0. The van der Waals surface area contributed by atoms with Gasteiger partial charge < -0.3 is 10.1 Å². The lowest BCUT2D eigenvalue weighted by molar-refractivity contribution is -0.169. The second-order valence-electron chi connectivity index (χ2n) is 10.2. The first-order valence-electron chi connectivity index (χ1n) is 12.2. The number of ether oxygens (including phenoxy) is 1. The lowest BCUT2D eigenvalue weighted by Crippen LogP contribution is -2.37. The van der Waals surface area contributed by atoms with E-state index in [0.29, 0.717) is 13.1 Å². The molecule has 5 heteroatoms. The molecular formula is C30H32N2O3. The van der Waals surface area contributed by atoms with Crippen molar-refractivity contribution in [1.29, 1.82) is 0 Å². The first-order chi connectivity index (χ1) is 16.9. The van der Waals surface area contributed by atoms with E-state index in [9.17, 15) is 4.79 Å². The van der Waals surface area contributed by atoms with E-state index >= 15 is 0 Å². The Morgan fingerprint density at radius 2 is 1.60 bits per heavy atom. The van der Waals surface area contributed by atoms with Gasteiger partial charge in [0.15, 0.2) is 0 Å². The summed E-state index contributed by atoms with van der Waals surface area (Å²) in [5.41, 5.74) is 1.89. The molecule has 1 N–H and O–H groups in total. The molecule has 4 aromatic rings. The van der Waals surface area contributed by atoms with Crippen molar-refractivity contribution in [2.75, 3.05) is 6.54 Å². The molecule has 1 aliphatic rings. The predicted octanol–water partition coefficient (Wildman–Crippen LogP) is 6.76. The van der Waals surface area contributed by atoms with Crippen molar-refractivity contribution in [2.45, 2.75) is 51.5 Å². The number of benzene rings is 4. The lowest BCUT2D eigenvalue weighted by atomic mass is 9.91. The molecule has 0 unspecified atom stereocenters. The van der Waals surface area contributed by atoms with E-state index in [1.165, 1.54) is 32.7 Å². The summed E-state index contributed by atoms with van der Waals surface area (Å²) < 4.78 is 5.42. The van der Waals surface area contributed by atoms with Crippen LogP contribution in [0.1, 0.15) is 44.4 Å². The van der Waals surface area contributed by atoms with Crippen LogP contribution in [0.15, 0.2) is 84.9 Å². The number of carbonyl (C=O) groups excluding carboxylic acids is 1. The Bertz CT molecular complexity index is 1330. The number of carbonyl (C=O) groups is 1. The minimum Gasteiger partial charge on any atom is -0.444 e. The molecule has 1 amide bonds. The molecule has 0 spiro atoms. The molecule has 2 atom stereocenters. The summed E-state index contributed by atoms with van der Waals surface area (Å²) in [4.78, 5) is 18.7. The average Bonchev–Trinajstić information content (AvgIpc) is 3.24. The highest BCUT2D eigenvalue weighted by Gasteiger charge is 2.36. The molecule has 5 nitrogen and oxygen atoms in total. The Balaban J connectivity index is 1.47. The van der Waals surface area contributed by atoms with Crippen LogP contribution in [0.3, 0.4) is 0 Å². The number of hydrogen-bond acceptors (Lipinski definition) is 4. The van der Waals surface area contributed by atoms with Crippen LogP contribution >= 0.6 is 0 Å². The quantitative estimate of drug-likeness (QED) is 0.329. The van der Waals surface area contributed by atoms with Crippen molar-refractivity contribution in [2.24, 2.45) is 0 Å². The molecule has 4 aromatic carbocycles. The number of hydrogen-bond donors (Lipinski definition) is 1. The van der Waals surface area contributed by atoms with Crippen LogP contribution in [0.5, 0.6) is 0 Å². The van der Waals surface area contributed by atoms with Crippen molar-refractivity contribution in [3.8, 4) is 0 Å². The summed E-state index contributed by atoms with van der Waals surface area (Å²) in [6, 6.07) is 29.8. The fourth-order valence-corrected chi connectivity index (χ4v) is 4.86. The van der Waals surface area contributed by atoms with Crippen LogP contribution in [-0.2, 0) is 16.1 Å². The van der Waals surface area contributed by atoms with Crippen LogP contribution in [0, 0.1) is 0 Å². The summed E-state index contributed by atoms with van der Waals surface area (Å²) in [5.74, 6) is 0. The number of rotatable bonds is 5. The second-order valence-corrected chi connectivity index (χ2v) is 10.2. The zero-order valence-corrected chi connectivity index (χ0v) is 20.5. The highest BCUT2D eigenvalue weighted by atomic mass is 16.7. The summed E-state index contributed by atoms with van der Waals surface area (Å²) in [6.07, 6.45) is 0.196. The Labute approximate surface area is 206 Å². The van der Waals surface area contributed by atoms with E-state index in [4.69, 9.17) is 9.57 Å². The van der Waals surface area contributed by atoms with Crippen LogP contribution in [0.4, 0.5) is 4.79 Å². The predicted molar refractivity (Wildman–Crippen MR) is 140 cm³/mol. The van der Waals surface area contributed by atoms with Crippen molar-refractivity contribution >= 4 is 27.6 Å². The van der Waals surface area contributed by atoms with Crippen molar-refractivity contribution < 1.29 is 14.4 Å². The molecule has 0 radical (unpaired) electrons. The molecule has 1 aliphatic heterocycles. The van der Waals surface area contributed by atoms with Gasteiger partial charge in [0.25, 0.3) is 0 Å². The smallest absolute Gasteiger partial charge is 0.407 e. The van der Waals surface area contributed by atoms with Gasteiger partial charge in [0.1, 0.15) is 5.60 Å². The number of nitrogens with one attached hydrogen (secondary N) is 1. The van der Waals surface area contributed by atoms with Crippen molar-refractivity contribution in [3.05, 3.63) is 96.1 Å². The van der Waals surface area contributed by atoms with Crippen molar-refractivity contribution in [3.63, 3.8) is 0 Å². The Hall–Kier alpha value is -3.41. The first kappa shape index (κ1) is 23.3. The van der Waals surface area contributed by atoms with Gasteiger partial charge in [0.05, 0.1) is 12.1 Å². The highest BCUT2D eigenvalue weighted by Crippen LogP contribution is 2.41. The van der Waals surface area contributed by atoms with Crippen LogP contribution in [-0.4, -0.2) is 29.4 Å². The Morgan fingerprint density at radius 1 is 0.943 bits per heavy atom. The SMILES string of the molecule is CC(C)(C)OC(=O)NC[C@@H]1C[C@H](c2cc3ccccc3c3ccccc23)N(Cc2ccccc2)O1. The zero-order chi connectivity index (χ0) is 24.4. The lowest BCUT2D eigenvalue weighted by Gasteiger charge is -2.25. The number of nitrogens with zero attached hydrogens (tertiary/aromatic N) is 1. The molecule has 0 aliphatic carbocycles. The van der Waals surface area contributed by atoms with E-state index in [1.54, 1.807) is 0 Å². The molecule has 35 heavy (non-hydrogen) atoms. The molecular weight excluding hydrogens is 436 g/mol. The second kappa shape index (κ2) is 9.68. The molecule has 0 saturated carbocycles. The van der Waals surface area contributed by atoms with Gasteiger partial charge in [-0.05, 0) is 65.9 Å². The maximum Gasteiger partial charge on any atom is 0.407 e. The van der Waals surface area contributed by atoms with Gasteiger partial charge >= 0.3 is 6.09 Å². The largest absolute Gasteiger partial charge is 0.444 e. The third-order valence-corrected chi connectivity index (χ3v) is 6.33. The topological polar surface area (TPSA) is 50.8 Å². The summed E-state index contributed by atoms with van der Waals surface area (Å²) in [5, 5.41) is 9.92. The molecule has 1 fully saturated rings. The minimum atomic E-state index is -0.535. The van der Waals surface area contributed by atoms with E-state index in [2.05, 4.69) is 77.1 Å². The molecule has 0 aromatic heterocycles. The fourth-order valence-electron chi connectivity index (χ4n) is 4.86. The van der Waals surface area contributed by atoms with E-state index in [-0.39, 0.29) is 12.1 Å². The van der Waals surface area contributed by atoms with Gasteiger partial charge in [-0.2, -0.15) is 5.06 Å². The summed E-state index contributed by atoms with van der Waals surface area (Å²) in [7, 11) is 0. The molecule has 180 valence electrons. The highest BCUT2D eigenvalue weighted by molar-refractivity contribution is 6.09. The van der Waals surface area contributed by atoms with Gasteiger partial charge in [0.2, 0.25) is 0 Å². The number of amides is 1. The fraction of sp³-hybridized carbons (Fsp3) is 0.300. The van der Waals surface area contributed by atoms with Gasteiger partial charge in [-0.25, -0.2) is 4.79 Å². The molecule has 1 saturated heterocycles. The maximum absolute atomic E-state index is 12.3. The Morgan fingerprint density at radius 3 is 2.34 bits per heavy atom. The Kier molecular flexibility index (Phi) is 6.46. The zero-order valence-electron chi connectivity index (χ0n) is 20.5. The van der Waals surface area contributed by atoms with Gasteiger partial charge in [-0.15, -0.1) is 0 Å². The molecule has 1 heterocycles. The number of fused-ring (bicyclic) bond motifs is 3. The van der Waals surface area contributed by atoms with E-state index in [1.807, 2.05) is 39.0 Å².